The number of aromatic nitrogens is 1. The number of rotatable bonds is 8. The molecule has 1 fully saturated rings. The number of ether oxygens (including phenoxy) is 2. The van der Waals surface area contributed by atoms with E-state index in [9.17, 15) is 4.79 Å². The molecule has 2 heterocycles. The van der Waals surface area contributed by atoms with Crippen LogP contribution in [0.1, 0.15) is 24.1 Å². The molecule has 2 aromatic rings. The van der Waals surface area contributed by atoms with Crippen LogP contribution in [0.5, 0.6) is 11.5 Å². The molecule has 0 atom stereocenters. The lowest BCUT2D eigenvalue weighted by Crippen LogP contribution is -2.49. The number of carbonyl (C=O) groups excluding carboxylic acids is 1. The van der Waals surface area contributed by atoms with Crippen LogP contribution in [-0.4, -0.2) is 31.3 Å². The van der Waals surface area contributed by atoms with E-state index < -0.39 is 23.4 Å². The quantitative estimate of drug-likeness (QED) is 0.619. The van der Waals surface area contributed by atoms with Crippen molar-refractivity contribution in [1.29, 1.82) is 0 Å². The maximum absolute atomic E-state index is 15.1. The van der Waals surface area contributed by atoms with Gasteiger partial charge < -0.3 is 14.8 Å². The molecule has 0 unspecified atom stereocenters. The van der Waals surface area contributed by atoms with E-state index in [1.54, 1.807) is 17.2 Å². The summed E-state index contributed by atoms with van der Waals surface area (Å²) in [6.07, 6.45) is 4.86. The van der Waals surface area contributed by atoms with Gasteiger partial charge in [-0.25, -0.2) is 13.6 Å². The van der Waals surface area contributed by atoms with Crippen molar-refractivity contribution in [2.75, 3.05) is 24.0 Å². The van der Waals surface area contributed by atoms with Gasteiger partial charge in [0, 0.05) is 29.6 Å². The molecule has 1 aromatic heterocycles. The smallest absolute Gasteiger partial charge is 0.329 e. The fourth-order valence-corrected chi connectivity index (χ4v) is 3.67. The first-order valence-corrected chi connectivity index (χ1v) is 10.1. The Hall–Kier alpha value is -3.62. The number of amides is 2. The lowest BCUT2D eigenvalue weighted by molar-refractivity contribution is 0.249. The molecule has 2 amide bonds. The predicted molar refractivity (Wildman–Crippen MR) is 117 cm³/mol. The second kappa shape index (κ2) is 8.49. The maximum Gasteiger partial charge on any atom is 0.329 e. The van der Waals surface area contributed by atoms with Gasteiger partial charge in [0.25, 0.3) is 0 Å². The van der Waals surface area contributed by atoms with E-state index in [0.717, 1.165) is 23.8 Å². The lowest BCUT2D eigenvalue weighted by atomic mass is 10.1. The van der Waals surface area contributed by atoms with Crippen molar-refractivity contribution in [3.63, 3.8) is 0 Å². The van der Waals surface area contributed by atoms with Gasteiger partial charge in [-0.3, -0.25) is 14.8 Å². The minimum Gasteiger partial charge on any atom is -0.493 e. The van der Waals surface area contributed by atoms with Crippen molar-refractivity contribution in [1.82, 2.24) is 10.3 Å². The van der Waals surface area contributed by atoms with Gasteiger partial charge >= 0.3 is 6.03 Å². The molecule has 0 bridgehead atoms. The van der Waals surface area contributed by atoms with E-state index in [0.29, 0.717) is 29.2 Å². The molecular weight excluding hydrogens is 418 g/mol. The number of urea groups is 1. The Balaban J connectivity index is 1.76. The van der Waals surface area contributed by atoms with Crippen LogP contribution in [0.4, 0.5) is 25.0 Å². The first-order chi connectivity index (χ1) is 15.4. The summed E-state index contributed by atoms with van der Waals surface area (Å²) in [7, 11) is 2.54. The lowest BCUT2D eigenvalue weighted by Gasteiger charge is -2.37. The first kappa shape index (κ1) is 21.6. The molecule has 0 saturated heterocycles. The monoisotopic (exact) mass is 442 g/mol. The Kier molecular flexibility index (Phi) is 5.73. The molecule has 0 spiro atoms. The van der Waals surface area contributed by atoms with Crippen molar-refractivity contribution in [2.24, 2.45) is 0 Å². The third kappa shape index (κ3) is 3.74. The fraction of sp³-hybridized carbons (Fsp3) is 0.304. The number of pyridine rings is 1. The van der Waals surface area contributed by atoms with Crippen LogP contribution in [0, 0.1) is 11.6 Å². The molecule has 0 radical (unpaired) electrons. The van der Waals surface area contributed by atoms with Gasteiger partial charge in [0.2, 0.25) is 0 Å². The van der Waals surface area contributed by atoms with Crippen LogP contribution < -0.4 is 24.6 Å². The third-order valence-corrected chi connectivity index (χ3v) is 5.52. The number of fused-ring (bicyclic) bond motifs is 1. The highest BCUT2D eigenvalue weighted by atomic mass is 19.1. The number of allylic oxidation sites excluding steroid dienone is 1. The van der Waals surface area contributed by atoms with Gasteiger partial charge in [0.1, 0.15) is 5.69 Å². The Labute approximate surface area is 184 Å². The minimum absolute atomic E-state index is 0.0333. The maximum atomic E-state index is 15.1. The SMILES string of the molecule is C=CC(=C)NCc1cc2c(cn1)CN(c1c(F)c(OC)cc(OC)c1F)C(=O)N2C1CC1. The number of hydrogen-bond donors (Lipinski definition) is 1. The number of nitrogens with one attached hydrogen (secondary N) is 1. The van der Waals surface area contributed by atoms with E-state index in [-0.39, 0.29) is 24.1 Å². The van der Waals surface area contributed by atoms with E-state index in [4.69, 9.17) is 9.47 Å². The highest BCUT2D eigenvalue weighted by Gasteiger charge is 2.43. The predicted octanol–water partition coefficient (Wildman–Crippen LogP) is 4.28. The summed E-state index contributed by atoms with van der Waals surface area (Å²) in [5.41, 5.74) is 2.24. The van der Waals surface area contributed by atoms with Gasteiger partial charge in [-0.1, -0.05) is 13.2 Å². The second-order valence-electron chi connectivity index (χ2n) is 7.61. The van der Waals surface area contributed by atoms with Crippen LogP contribution in [-0.2, 0) is 13.1 Å². The summed E-state index contributed by atoms with van der Waals surface area (Å²) in [4.78, 5) is 20.6. The first-order valence-electron chi connectivity index (χ1n) is 10.1. The van der Waals surface area contributed by atoms with E-state index in [1.807, 2.05) is 6.07 Å². The number of hydrogen-bond acceptors (Lipinski definition) is 5. The van der Waals surface area contributed by atoms with Crippen molar-refractivity contribution in [3.05, 3.63) is 66.2 Å². The molecule has 32 heavy (non-hydrogen) atoms. The Morgan fingerprint density at radius 1 is 1.25 bits per heavy atom. The number of benzene rings is 1. The van der Waals surface area contributed by atoms with Crippen molar-refractivity contribution in [2.45, 2.75) is 32.0 Å². The summed E-state index contributed by atoms with van der Waals surface area (Å²) < 4.78 is 40.3. The number of nitrogens with zero attached hydrogens (tertiary/aromatic N) is 3. The van der Waals surface area contributed by atoms with Crippen molar-refractivity contribution < 1.29 is 23.0 Å². The average Bonchev–Trinajstić information content (AvgIpc) is 3.63. The summed E-state index contributed by atoms with van der Waals surface area (Å²) in [6, 6.07) is 2.40. The second-order valence-corrected chi connectivity index (χ2v) is 7.61. The number of anilines is 2. The van der Waals surface area contributed by atoms with Gasteiger partial charge in [-0.2, -0.15) is 0 Å². The van der Waals surface area contributed by atoms with Crippen molar-refractivity contribution in [3.8, 4) is 11.5 Å². The molecule has 7 nitrogen and oxygen atoms in total. The standard InChI is InChI=1S/C23H24F2N4O3/c1-5-13(2)26-11-15-8-17-14(10-27-15)12-28(23(30)29(17)16-6-7-16)22-20(24)18(31-3)9-19(32-4)21(22)25/h5,8-10,16,26H,1-2,6-7,11-12H2,3-4H3. The fourth-order valence-electron chi connectivity index (χ4n) is 3.67. The van der Waals surface area contributed by atoms with Crippen LogP contribution in [0.2, 0.25) is 0 Å². The van der Waals surface area contributed by atoms with Crippen LogP contribution in [0.3, 0.4) is 0 Å². The summed E-state index contributed by atoms with van der Waals surface area (Å²) >= 11 is 0. The molecule has 1 aromatic carbocycles. The zero-order valence-corrected chi connectivity index (χ0v) is 18.0. The van der Waals surface area contributed by atoms with Crippen LogP contribution in [0.15, 0.2) is 43.3 Å². The molecule has 2 aliphatic rings. The molecule has 1 aliphatic carbocycles. The Morgan fingerprint density at radius 3 is 2.47 bits per heavy atom. The van der Waals surface area contributed by atoms with Crippen molar-refractivity contribution >= 4 is 17.4 Å². The summed E-state index contributed by atoms with van der Waals surface area (Å²) in [5, 5.41) is 3.09. The summed E-state index contributed by atoms with van der Waals surface area (Å²) in [5.74, 6) is -2.35. The summed E-state index contributed by atoms with van der Waals surface area (Å²) in [6.45, 7) is 7.83. The topological polar surface area (TPSA) is 66.9 Å². The third-order valence-electron chi connectivity index (χ3n) is 5.52. The minimum atomic E-state index is -0.963. The van der Waals surface area contributed by atoms with Crippen LogP contribution in [0.25, 0.3) is 0 Å². The normalized spacial score (nSPS) is 15.3. The van der Waals surface area contributed by atoms with Gasteiger partial charge in [0.15, 0.2) is 23.1 Å². The molecule has 1 aliphatic heterocycles. The van der Waals surface area contributed by atoms with Crippen LogP contribution >= 0.6 is 0 Å². The molecule has 1 saturated carbocycles. The molecule has 1 N–H and O–H groups in total. The van der Waals surface area contributed by atoms with E-state index in [1.165, 1.54) is 14.2 Å². The molecule has 4 rings (SSSR count). The van der Waals surface area contributed by atoms with Gasteiger partial charge in [0.05, 0.1) is 38.7 Å². The number of carbonyl (C=O) groups is 1. The molecular formula is C23H24F2N4O3. The largest absolute Gasteiger partial charge is 0.493 e. The zero-order chi connectivity index (χ0) is 23.0. The van der Waals surface area contributed by atoms with E-state index in [2.05, 4.69) is 23.5 Å². The number of methoxy groups -OCH3 is 2. The van der Waals surface area contributed by atoms with Gasteiger partial charge in [-0.15, -0.1) is 0 Å². The molecule has 168 valence electrons. The Morgan fingerprint density at radius 2 is 1.91 bits per heavy atom. The highest BCUT2D eigenvalue weighted by Crippen LogP contribution is 2.43. The zero-order valence-electron chi connectivity index (χ0n) is 18.0. The Bertz CT molecular complexity index is 1070. The van der Waals surface area contributed by atoms with Gasteiger partial charge in [-0.05, 0) is 25.0 Å². The highest BCUT2D eigenvalue weighted by molar-refractivity contribution is 6.07. The molecule has 9 heteroatoms. The van der Waals surface area contributed by atoms with E-state index >= 15 is 8.78 Å². The average molecular weight is 442 g/mol. The number of halogens is 2.